The van der Waals surface area contributed by atoms with Crippen molar-refractivity contribution in [3.8, 4) is 0 Å². The van der Waals surface area contributed by atoms with Gasteiger partial charge in [0.05, 0.1) is 23.3 Å². The molecule has 1 aromatic rings. The van der Waals surface area contributed by atoms with Gasteiger partial charge in [0.15, 0.2) is 0 Å². The number of thioether (sulfide) groups is 1. The minimum Gasteiger partial charge on any atom is -0.392 e. The van der Waals surface area contributed by atoms with Crippen LogP contribution in [-0.2, 0) is 9.09 Å². The molecule has 112 valence electrons. The van der Waals surface area contributed by atoms with Crippen LogP contribution in [0.15, 0.2) is 11.1 Å². The van der Waals surface area contributed by atoms with Crippen molar-refractivity contribution in [3.05, 3.63) is 16.8 Å². The standard InChI is InChI=1S/C8H13N4O6PS/c9-7-10-3-12(8(14)11-7)6-1-4(13)5(20-6)2-18-19(15,16)17/h3-6,13H,1-2H2,(H2,9,11,14)(H2,15,16,17)/t4-,5-,6-/m1/s1. The van der Waals surface area contributed by atoms with Crippen LogP contribution >= 0.6 is 19.6 Å². The molecule has 0 saturated carbocycles. The molecule has 0 radical (unpaired) electrons. The first-order chi connectivity index (χ1) is 9.26. The van der Waals surface area contributed by atoms with Gasteiger partial charge in [-0.25, -0.2) is 14.3 Å². The predicted octanol–water partition coefficient (Wildman–Crippen LogP) is -1.31. The number of anilines is 1. The molecule has 1 fully saturated rings. The van der Waals surface area contributed by atoms with Crippen LogP contribution in [0.4, 0.5) is 5.95 Å². The summed E-state index contributed by atoms with van der Waals surface area (Å²) < 4.78 is 16.2. The minimum absolute atomic E-state index is 0.142. The average Bonchev–Trinajstić information content (AvgIpc) is 2.67. The van der Waals surface area contributed by atoms with Crippen LogP contribution in [0.2, 0.25) is 0 Å². The Kier molecular flexibility index (Phi) is 4.47. The molecule has 1 aromatic heterocycles. The van der Waals surface area contributed by atoms with Gasteiger partial charge in [-0.3, -0.25) is 9.09 Å². The Hall–Kier alpha value is -0.970. The van der Waals surface area contributed by atoms with E-state index in [1.54, 1.807) is 0 Å². The maximum Gasteiger partial charge on any atom is 0.469 e. The molecule has 0 unspecified atom stereocenters. The first-order valence-corrected chi connectivity index (χ1v) is 7.98. The number of rotatable bonds is 4. The molecule has 0 aromatic carbocycles. The number of phosphoric acid groups is 1. The van der Waals surface area contributed by atoms with Gasteiger partial charge >= 0.3 is 13.5 Å². The quantitative estimate of drug-likeness (QED) is 0.489. The van der Waals surface area contributed by atoms with Gasteiger partial charge in [-0.2, -0.15) is 4.98 Å². The number of nitrogens with two attached hydrogens (primary N) is 1. The lowest BCUT2D eigenvalue weighted by Crippen LogP contribution is -2.26. The minimum atomic E-state index is -4.59. The number of nitrogen functional groups attached to an aromatic ring is 1. The molecule has 0 bridgehead atoms. The van der Waals surface area contributed by atoms with E-state index in [0.717, 1.165) is 11.8 Å². The van der Waals surface area contributed by atoms with Crippen LogP contribution in [0, 0.1) is 0 Å². The van der Waals surface area contributed by atoms with E-state index in [4.69, 9.17) is 15.5 Å². The molecule has 12 heteroatoms. The van der Waals surface area contributed by atoms with Crippen molar-refractivity contribution < 1.29 is 24.0 Å². The maximum absolute atomic E-state index is 11.6. The SMILES string of the molecule is Nc1ncn([C@H]2C[C@@H](O)[C@@H](COP(=O)(O)O)S2)c(=O)n1. The monoisotopic (exact) mass is 324 g/mol. The first-order valence-electron chi connectivity index (χ1n) is 5.50. The number of nitrogens with zero attached hydrogens (tertiary/aromatic N) is 3. The Morgan fingerprint density at radius 2 is 2.30 bits per heavy atom. The largest absolute Gasteiger partial charge is 0.469 e. The summed E-state index contributed by atoms with van der Waals surface area (Å²) in [5.74, 6) is -0.142. The molecule has 2 rings (SSSR count). The van der Waals surface area contributed by atoms with Crippen molar-refractivity contribution in [2.75, 3.05) is 12.3 Å². The van der Waals surface area contributed by atoms with Crippen LogP contribution < -0.4 is 11.4 Å². The number of aromatic nitrogens is 3. The molecule has 0 aliphatic carbocycles. The van der Waals surface area contributed by atoms with Gasteiger partial charge in [0, 0.05) is 6.42 Å². The lowest BCUT2D eigenvalue weighted by molar-refractivity contribution is 0.128. The van der Waals surface area contributed by atoms with Crippen molar-refractivity contribution in [2.24, 2.45) is 0 Å². The van der Waals surface area contributed by atoms with E-state index in [2.05, 4.69) is 14.5 Å². The third-order valence-corrected chi connectivity index (χ3v) is 4.69. The molecule has 10 nitrogen and oxygen atoms in total. The molecule has 5 N–H and O–H groups in total. The van der Waals surface area contributed by atoms with Crippen molar-refractivity contribution in [3.63, 3.8) is 0 Å². The Balaban J connectivity index is 2.06. The highest BCUT2D eigenvalue weighted by atomic mass is 32.2. The Bertz CT molecular complexity index is 591. The number of hydrogen-bond acceptors (Lipinski definition) is 8. The summed E-state index contributed by atoms with van der Waals surface area (Å²) in [4.78, 5) is 36.1. The third kappa shape index (κ3) is 3.78. The zero-order chi connectivity index (χ0) is 14.9. The van der Waals surface area contributed by atoms with Crippen molar-refractivity contribution in [1.82, 2.24) is 14.5 Å². The topological polar surface area (TPSA) is 161 Å². The van der Waals surface area contributed by atoms with E-state index in [9.17, 15) is 14.5 Å². The molecule has 0 amide bonds. The first kappa shape index (κ1) is 15.4. The third-order valence-electron chi connectivity index (χ3n) is 2.67. The summed E-state index contributed by atoms with van der Waals surface area (Å²) in [5.41, 5.74) is 4.68. The van der Waals surface area contributed by atoms with E-state index >= 15 is 0 Å². The fourth-order valence-electron chi connectivity index (χ4n) is 1.76. The molecule has 1 aliphatic heterocycles. The number of aliphatic hydroxyl groups is 1. The van der Waals surface area contributed by atoms with E-state index in [1.165, 1.54) is 10.9 Å². The van der Waals surface area contributed by atoms with Crippen molar-refractivity contribution in [2.45, 2.75) is 23.1 Å². The van der Waals surface area contributed by atoms with Crippen LogP contribution in [0.3, 0.4) is 0 Å². The number of phosphoric ester groups is 1. The Morgan fingerprint density at radius 1 is 1.60 bits per heavy atom. The Morgan fingerprint density at radius 3 is 2.90 bits per heavy atom. The van der Waals surface area contributed by atoms with Crippen LogP contribution in [0.1, 0.15) is 11.8 Å². The second-order valence-corrected chi connectivity index (χ2v) is 6.78. The van der Waals surface area contributed by atoms with E-state index in [1.807, 2.05) is 0 Å². The number of aliphatic hydroxyl groups excluding tert-OH is 1. The van der Waals surface area contributed by atoms with E-state index < -0.39 is 30.2 Å². The normalized spacial score (nSPS) is 26.9. The molecular weight excluding hydrogens is 311 g/mol. The summed E-state index contributed by atoms with van der Waals surface area (Å²) in [6.45, 7) is -0.322. The molecule has 3 atom stereocenters. The molecule has 20 heavy (non-hydrogen) atoms. The van der Waals surface area contributed by atoms with Crippen LogP contribution in [-0.4, -0.2) is 47.4 Å². The summed E-state index contributed by atoms with van der Waals surface area (Å²) in [5, 5.41) is 8.83. The van der Waals surface area contributed by atoms with E-state index in [-0.39, 0.29) is 19.0 Å². The van der Waals surface area contributed by atoms with Gasteiger partial charge in [0.1, 0.15) is 6.33 Å². The molecular formula is C8H13N4O6PS. The fraction of sp³-hybridized carbons (Fsp3) is 0.625. The van der Waals surface area contributed by atoms with Crippen molar-refractivity contribution in [1.29, 1.82) is 0 Å². The fourth-order valence-corrected chi connectivity index (χ4v) is 3.64. The summed E-state index contributed by atoms with van der Waals surface area (Å²) in [6, 6.07) is 0. The van der Waals surface area contributed by atoms with Gasteiger partial charge in [-0.15, -0.1) is 11.8 Å². The average molecular weight is 324 g/mol. The zero-order valence-electron chi connectivity index (χ0n) is 10.1. The van der Waals surface area contributed by atoms with Gasteiger partial charge < -0.3 is 20.6 Å². The lowest BCUT2D eigenvalue weighted by atomic mass is 10.2. The van der Waals surface area contributed by atoms with Gasteiger partial charge in [-0.05, 0) is 0 Å². The zero-order valence-corrected chi connectivity index (χ0v) is 11.8. The second kappa shape index (κ2) is 5.80. The molecule has 1 saturated heterocycles. The van der Waals surface area contributed by atoms with Gasteiger partial charge in [0.2, 0.25) is 5.95 Å². The highest BCUT2D eigenvalue weighted by Crippen LogP contribution is 2.44. The highest BCUT2D eigenvalue weighted by Gasteiger charge is 2.36. The molecule has 1 aliphatic rings. The van der Waals surface area contributed by atoms with Crippen molar-refractivity contribution >= 4 is 25.5 Å². The summed E-state index contributed by atoms with van der Waals surface area (Å²) in [6.07, 6.45) is 0.579. The van der Waals surface area contributed by atoms with Crippen LogP contribution in [0.25, 0.3) is 0 Å². The maximum atomic E-state index is 11.6. The summed E-state index contributed by atoms with van der Waals surface area (Å²) >= 11 is 1.16. The highest BCUT2D eigenvalue weighted by molar-refractivity contribution is 8.00. The van der Waals surface area contributed by atoms with Gasteiger partial charge in [-0.1, -0.05) is 0 Å². The Labute approximate surface area is 117 Å². The smallest absolute Gasteiger partial charge is 0.392 e. The second-order valence-electron chi connectivity index (χ2n) is 4.12. The number of hydrogen-bond donors (Lipinski definition) is 4. The van der Waals surface area contributed by atoms with Crippen LogP contribution in [0.5, 0.6) is 0 Å². The lowest BCUT2D eigenvalue weighted by Gasteiger charge is -2.14. The summed E-state index contributed by atoms with van der Waals surface area (Å²) in [7, 11) is -4.59. The van der Waals surface area contributed by atoms with Gasteiger partial charge in [0.25, 0.3) is 0 Å². The van der Waals surface area contributed by atoms with E-state index in [0.29, 0.717) is 0 Å². The predicted molar refractivity (Wildman–Crippen MR) is 69.7 cm³/mol. The molecule has 2 heterocycles. The molecule has 0 spiro atoms.